The Bertz CT molecular complexity index is 425. The standard InChI is InChI=1S/C12H18N5/c1-10(6-13)7-17(12(4,5)9-15)16-11(2,3)8-14/h10H,7H2,1-5H3/q+1. The van der Waals surface area contributed by atoms with Crippen LogP contribution in [0.15, 0.2) is 5.11 Å². The molecule has 0 heterocycles. The van der Waals surface area contributed by atoms with Crippen molar-refractivity contribution in [3.63, 3.8) is 0 Å². The monoisotopic (exact) mass is 232 g/mol. The maximum atomic E-state index is 9.10. The van der Waals surface area contributed by atoms with E-state index in [0.717, 1.165) is 0 Å². The van der Waals surface area contributed by atoms with Crippen LogP contribution < -0.4 is 0 Å². The second kappa shape index (κ2) is 5.41. The van der Waals surface area contributed by atoms with Crippen LogP contribution in [0.3, 0.4) is 0 Å². The van der Waals surface area contributed by atoms with Gasteiger partial charge in [0.05, 0.1) is 12.1 Å². The molecule has 0 saturated heterocycles. The molecule has 0 aliphatic carbocycles. The number of azo groups is 2. The minimum Gasteiger partial charge on any atom is -0.198 e. The van der Waals surface area contributed by atoms with Crippen molar-refractivity contribution < 1.29 is 4.70 Å². The molecule has 0 radical (unpaired) electrons. The smallest absolute Gasteiger partial charge is 0.198 e. The van der Waals surface area contributed by atoms with E-state index >= 15 is 0 Å². The molecule has 0 aromatic carbocycles. The fraction of sp³-hybridized carbons (Fsp3) is 0.750. The predicted molar refractivity (Wildman–Crippen MR) is 61.7 cm³/mol. The molecule has 5 heteroatoms. The zero-order valence-electron chi connectivity index (χ0n) is 11.0. The molecule has 0 aromatic rings. The lowest BCUT2D eigenvalue weighted by molar-refractivity contribution is -0.653. The van der Waals surface area contributed by atoms with E-state index in [0.29, 0.717) is 6.54 Å². The summed E-state index contributed by atoms with van der Waals surface area (Å²) < 4.78 is 1.53. The molecule has 90 valence electrons. The molecule has 1 unspecified atom stereocenters. The molecule has 0 spiro atoms. The Labute approximate surface area is 103 Å². The lowest BCUT2D eigenvalue weighted by Crippen LogP contribution is -2.38. The molecule has 0 fully saturated rings. The van der Waals surface area contributed by atoms with Gasteiger partial charge < -0.3 is 0 Å². The second-order valence-electron chi connectivity index (χ2n) is 5.05. The van der Waals surface area contributed by atoms with Crippen molar-refractivity contribution in [3.05, 3.63) is 0 Å². The summed E-state index contributed by atoms with van der Waals surface area (Å²) in [5.74, 6) is -0.249. The normalized spacial score (nSPS) is 14.4. The summed E-state index contributed by atoms with van der Waals surface area (Å²) in [4.78, 5) is 0. The molecule has 0 aliphatic rings. The van der Waals surface area contributed by atoms with Crippen LogP contribution in [0.5, 0.6) is 0 Å². The van der Waals surface area contributed by atoms with E-state index in [2.05, 4.69) is 23.3 Å². The van der Waals surface area contributed by atoms with Gasteiger partial charge >= 0.3 is 0 Å². The van der Waals surface area contributed by atoms with Gasteiger partial charge in [-0.15, -0.1) is 4.70 Å². The van der Waals surface area contributed by atoms with Crippen molar-refractivity contribution in [3.8, 4) is 18.2 Å². The van der Waals surface area contributed by atoms with Gasteiger partial charge in [-0.1, -0.05) is 0 Å². The van der Waals surface area contributed by atoms with Crippen molar-refractivity contribution in [2.75, 3.05) is 6.54 Å². The Kier molecular flexibility index (Phi) is 4.80. The minimum atomic E-state index is -0.900. The number of rotatable bonds is 4. The van der Waals surface area contributed by atoms with Crippen LogP contribution in [0.1, 0.15) is 34.6 Å². The largest absolute Gasteiger partial charge is 0.266 e. The molecule has 0 aromatic heterocycles. The van der Waals surface area contributed by atoms with Crippen molar-refractivity contribution in [1.82, 2.24) is 0 Å². The van der Waals surface area contributed by atoms with Gasteiger partial charge in [0.2, 0.25) is 5.54 Å². The third-order valence-corrected chi connectivity index (χ3v) is 2.23. The Morgan fingerprint density at radius 2 is 1.65 bits per heavy atom. The number of nitriles is 3. The molecule has 0 bridgehead atoms. The summed E-state index contributed by atoms with van der Waals surface area (Å²) in [6.45, 7) is 8.87. The second-order valence-corrected chi connectivity index (χ2v) is 5.05. The summed E-state index contributed by atoms with van der Waals surface area (Å²) in [7, 11) is 0. The third kappa shape index (κ3) is 4.62. The number of hydrogen-bond acceptors (Lipinski definition) is 4. The molecule has 5 nitrogen and oxygen atoms in total. The summed E-state index contributed by atoms with van der Waals surface area (Å²) in [6, 6.07) is 6.29. The first-order valence-electron chi connectivity index (χ1n) is 5.41. The molecule has 0 aliphatic heterocycles. The van der Waals surface area contributed by atoms with E-state index < -0.39 is 11.1 Å². The fourth-order valence-corrected chi connectivity index (χ4v) is 1.08. The first-order chi connectivity index (χ1) is 7.68. The van der Waals surface area contributed by atoms with E-state index in [1.807, 2.05) is 0 Å². The molecule has 1 atom stereocenters. The van der Waals surface area contributed by atoms with Gasteiger partial charge in [0.15, 0.2) is 6.54 Å². The van der Waals surface area contributed by atoms with Gasteiger partial charge in [-0.25, -0.2) is 0 Å². The van der Waals surface area contributed by atoms with Crippen LogP contribution in [0.4, 0.5) is 0 Å². The molecule has 0 rings (SSSR count). The topological polar surface area (TPSA) is 86.7 Å². The zero-order chi connectivity index (χ0) is 13.7. The van der Waals surface area contributed by atoms with Gasteiger partial charge in [0, 0.05) is 13.8 Å². The summed E-state index contributed by atoms with van der Waals surface area (Å²) in [6.07, 6.45) is 0. The van der Waals surface area contributed by atoms with E-state index in [9.17, 15) is 0 Å². The van der Waals surface area contributed by atoms with Gasteiger partial charge in [-0.05, 0) is 25.9 Å². The van der Waals surface area contributed by atoms with Crippen LogP contribution >= 0.6 is 0 Å². The van der Waals surface area contributed by atoms with Crippen molar-refractivity contribution in [1.29, 1.82) is 15.8 Å². The number of nitrogens with zero attached hydrogens (tertiary/aromatic N) is 5. The van der Waals surface area contributed by atoms with Crippen LogP contribution in [0.25, 0.3) is 0 Å². The van der Waals surface area contributed by atoms with Gasteiger partial charge in [0.1, 0.15) is 12.0 Å². The summed E-state index contributed by atoms with van der Waals surface area (Å²) in [5.41, 5.74) is -1.73. The lowest BCUT2D eigenvalue weighted by Gasteiger charge is -2.16. The van der Waals surface area contributed by atoms with E-state index in [1.165, 1.54) is 4.70 Å². The van der Waals surface area contributed by atoms with Crippen molar-refractivity contribution in [2.45, 2.75) is 45.7 Å². The quantitative estimate of drug-likeness (QED) is 0.550. The molecule has 0 amide bonds. The Balaban J connectivity index is 5.40. The highest BCUT2D eigenvalue weighted by molar-refractivity contribution is 4.99. The van der Waals surface area contributed by atoms with Crippen molar-refractivity contribution in [2.24, 2.45) is 11.0 Å². The minimum absolute atomic E-state index is 0.249. The first kappa shape index (κ1) is 15.1. The molecular weight excluding hydrogens is 214 g/mol. The molecule has 17 heavy (non-hydrogen) atoms. The van der Waals surface area contributed by atoms with E-state index in [1.54, 1.807) is 34.6 Å². The molecule has 0 N–H and O–H groups in total. The van der Waals surface area contributed by atoms with Gasteiger partial charge in [0.25, 0.3) is 5.54 Å². The Morgan fingerprint density at radius 1 is 1.12 bits per heavy atom. The average molecular weight is 232 g/mol. The average Bonchev–Trinajstić information content (AvgIpc) is 2.27. The Morgan fingerprint density at radius 3 is 2.00 bits per heavy atom. The van der Waals surface area contributed by atoms with E-state index in [-0.39, 0.29) is 5.92 Å². The van der Waals surface area contributed by atoms with Crippen molar-refractivity contribution >= 4 is 0 Å². The Hall–Kier alpha value is -1.93. The van der Waals surface area contributed by atoms with Crippen LogP contribution in [0, 0.1) is 39.9 Å². The first-order valence-corrected chi connectivity index (χ1v) is 5.41. The zero-order valence-corrected chi connectivity index (χ0v) is 11.0. The fourth-order valence-electron chi connectivity index (χ4n) is 1.08. The highest BCUT2D eigenvalue weighted by Gasteiger charge is 2.36. The maximum absolute atomic E-state index is 9.10. The van der Waals surface area contributed by atoms with E-state index in [4.69, 9.17) is 15.8 Å². The highest BCUT2D eigenvalue weighted by atomic mass is 15.3. The summed E-state index contributed by atoms with van der Waals surface area (Å²) in [5, 5.41) is 31.1. The summed E-state index contributed by atoms with van der Waals surface area (Å²) >= 11 is 0. The third-order valence-electron chi connectivity index (χ3n) is 2.23. The highest BCUT2D eigenvalue weighted by Crippen LogP contribution is 2.16. The molecule has 0 saturated carbocycles. The van der Waals surface area contributed by atoms with Crippen LogP contribution in [-0.2, 0) is 0 Å². The molecular formula is C12H18N5+. The van der Waals surface area contributed by atoms with Gasteiger partial charge in [-0.3, -0.25) is 0 Å². The maximum Gasteiger partial charge on any atom is 0.266 e. The van der Waals surface area contributed by atoms with Gasteiger partial charge in [-0.2, -0.15) is 15.8 Å². The van der Waals surface area contributed by atoms with Crippen LogP contribution in [0.2, 0.25) is 0 Å². The lowest BCUT2D eigenvalue weighted by atomic mass is 10.1. The van der Waals surface area contributed by atoms with Crippen LogP contribution in [-0.4, -0.2) is 22.3 Å². The SMILES string of the molecule is CC(C#N)C[N+](=NC(C)(C)C#N)C(C)(C)C#N. The predicted octanol–water partition coefficient (Wildman–Crippen LogP) is 2.22. The number of hydrogen-bond donors (Lipinski definition) is 0.